The molecule has 3 N–H and O–H groups in total. The highest BCUT2D eigenvalue weighted by Gasteiger charge is 2.15. The van der Waals surface area contributed by atoms with E-state index in [1.807, 2.05) is 32.0 Å². The number of nitrogens with one attached hydrogen (secondary N) is 1. The Hall–Kier alpha value is -4.08. The molecule has 0 saturated heterocycles. The summed E-state index contributed by atoms with van der Waals surface area (Å²) >= 11 is 0. The van der Waals surface area contributed by atoms with Gasteiger partial charge in [-0.25, -0.2) is 4.98 Å². The zero-order chi connectivity index (χ0) is 26.2. The van der Waals surface area contributed by atoms with Crippen molar-refractivity contribution in [2.45, 2.75) is 26.8 Å². The van der Waals surface area contributed by atoms with Gasteiger partial charge in [0.05, 0.1) is 37.2 Å². The molecule has 0 fully saturated rings. The lowest BCUT2D eigenvalue weighted by atomic mass is 10.0. The molecule has 3 rings (SSSR count). The van der Waals surface area contributed by atoms with Crippen molar-refractivity contribution in [2.75, 3.05) is 29.9 Å². The number of ether oxygens (including phenoxy) is 2. The second kappa shape index (κ2) is 12.1. The van der Waals surface area contributed by atoms with Crippen LogP contribution < -0.4 is 25.2 Å². The summed E-state index contributed by atoms with van der Waals surface area (Å²) in [4.78, 5) is 17.3. The first-order valence-electron chi connectivity index (χ1n) is 11.3. The number of nitrogens with two attached hydrogens (primary N) is 1. The molecule has 2 aromatic carbocycles. The highest BCUT2D eigenvalue weighted by molar-refractivity contribution is 7.21. The molecule has 1 aromatic heterocycles. The first-order valence-corrected chi connectivity index (χ1v) is 11.8. The largest absolute Gasteiger partial charge is 0.497 e. The average Bonchev–Trinajstić information content (AvgIpc) is 2.90. The van der Waals surface area contributed by atoms with Crippen LogP contribution in [0.2, 0.25) is 0 Å². The van der Waals surface area contributed by atoms with Gasteiger partial charge in [0.15, 0.2) is 0 Å². The summed E-state index contributed by atoms with van der Waals surface area (Å²) in [6, 6.07) is 13.0. The summed E-state index contributed by atoms with van der Waals surface area (Å²) in [6.45, 7) is 4.41. The Kier molecular flexibility index (Phi) is 8.88. The van der Waals surface area contributed by atoms with Crippen LogP contribution in [-0.2, 0) is 17.8 Å². The van der Waals surface area contributed by atoms with Crippen LogP contribution in [0.25, 0.3) is 6.08 Å². The third-order valence-corrected chi connectivity index (χ3v) is 6.32. The fraction of sp³-hybridized carbons (Fsp3) is 0.222. The van der Waals surface area contributed by atoms with Crippen molar-refractivity contribution >= 4 is 38.6 Å². The number of carbonyl (C=O) groups excluding carboxylic acids is 1. The molecule has 8 nitrogen and oxygen atoms in total. The Balaban J connectivity index is 1.80. The van der Waals surface area contributed by atoms with Crippen LogP contribution in [0.3, 0.4) is 0 Å². The molecule has 0 aliphatic heterocycles. The van der Waals surface area contributed by atoms with Crippen molar-refractivity contribution in [1.29, 1.82) is 5.26 Å². The average molecular weight is 504 g/mol. The van der Waals surface area contributed by atoms with Crippen molar-refractivity contribution in [1.82, 2.24) is 4.98 Å². The predicted octanol–water partition coefficient (Wildman–Crippen LogP) is 4.87. The predicted molar refractivity (Wildman–Crippen MR) is 147 cm³/mol. The quantitative estimate of drug-likeness (QED) is 0.243. The van der Waals surface area contributed by atoms with Crippen LogP contribution in [0.4, 0.5) is 17.2 Å². The Bertz CT molecular complexity index is 1330. The molecule has 0 bridgehead atoms. The summed E-state index contributed by atoms with van der Waals surface area (Å²) in [5.41, 5.74) is 11.1. The summed E-state index contributed by atoms with van der Waals surface area (Å²) < 4.78 is 12.2. The lowest BCUT2D eigenvalue weighted by Gasteiger charge is -2.19. The Morgan fingerprint density at radius 1 is 1.28 bits per heavy atom. The molecule has 1 unspecified atom stereocenters. The molecule has 36 heavy (non-hydrogen) atoms. The molecule has 3 aromatic rings. The number of nitrogen functional groups attached to an aromatic ring is 1. The van der Waals surface area contributed by atoms with Gasteiger partial charge in [-0.3, -0.25) is 9.46 Å². The number of pyridine rings is 1. The standard InChI is InChI=1S/C27H30N5O3P/c1-5-18-12-23(29)24(13-20(18)15-28)32(36)26(33)9-8-19-7-6-10-30-27(19)31-16-22-17(2)11-21(34-3)14-25(22)35-4/h6-14H,5,16,29,36H2,1-4H3,(H,30,31)/b9-8+. The van der Waals surface area contributed by atoms with E-state index >= 15 is 0 Å². The Morgan fingerprint density at radius 2 is 2.06 bits per heavy atom. The Labute approximate surface area is 214 Å². The number of benzene rings is 2. The molecule has 0 spiro atoms. The summed E-state index contributed by atoms with van der Waals surface area (Å²) in [6.07, 6.45) is 5.49. The molecule has 0 saturated carbocycles. The van der Waals surface area contributed by atoms with E-state index in [0.717, 1.165) is 28.0 Å². The van der Waals surface area contributed by atoms with E-state index in [9.17, 15) is 10.1 Å². The smallest absolute Gasteiger partial charge is 0.253 e. The minimum absolute atomic E-state index is 0.317. The minimum atomic E-state index is -0.317. The van der Waals surface area contributed by atoms with Crippen molar-refractivity contribution in [3.05, 3.63) is 76.5 Å². The molecule has 186 valence electrons. The van der Waals surface area contributed by atoms with E-state index in [1.54, 1.807) is 44.7 Å². The van der Waals surface area contributed by atoms with Gasteiger partial charge in [-0.2, -0.15) is 5.26 Å². The van der Waals surface area contributed by atoms with Gasteiger partial charge < -0.3 is 20.5 Å². The van der Waals surface area contributed by atoms with E-state index in [4.69, 9.17) is 15.2 Å². The number of nitriles is 1. The molecule has 1 atom stereocenters. The Morgan fingerprint density at radius 3 is 2.72 bits per heavy atom. The molecule has 0 aliphatic carbocycles. The number of methoxy groups -OCH3 is 2. The highest BCUT2D eigenvalue weighted by Crippen LogP contribution is 2.31. The first-order chi connectivity index (χ1) is 17.3. The number of aromatic nitrogens is 1. The van der Waals surface area contributed by atoms with Gasteiger partial charge in [0.25, 0.3) is 5.91 Å². The number of hydrogen-bond donors (Lipinski definition) is 2. The van der Waals surface area contributed by atoms with E-state index in [-0.39, 0.29) is 5.91 Å². The van der Waals surface area contributed by atoms with Gasteiger partial charge in [-0.05, 0) is 70.3 Å². The van der Waals surface area contributed by atoms with Crippen molar-refractivity contribution < 1.29 is 14.3 Å². The maximum Gasteiger partial charge on any atom is 0.253 e. The van der Waals surface area contributed by atoms with Gasteiger partial charge in [0, 0.05) is 36.0 Å². The summed E-state index contributed by atoms with van der Waals surface area (Å²) in [5, 5.41) is 12.8. The van der Waals surface area contributed by atoms with E-state index in [1.165, 1.54) is 10.7 Å². The second-order valence-corrected chi connectivity index (χ2v) is 8.51. The zero-order valence-electron chi connectivity index (χ0n) is 20.8. The topological polar surface area (TPSA) is 114 Å². The van der Waals surface area contributed by atoms with Crippen LogP contribution >= 0.6 is 9.39 Å². The van der Waals surface area contributed by atoms with Crippen LogP contribution in [0, 0.1) is 18.3 Å². The van der Waals surface area contributed by atoms with E-state index in [2.05, 4.69) is 25.8 Å². The first kappa shape index (κ1) is 26.5. The number of rotatable bonds is 9. The van der Waals surface area contributed by atoms with Crippen LogP contribution in [0.5, 0.6) is 11.5 Å². The lowest BCUT2D eigenvalue weighted by Crippen LogP contribution is -2.19. The highest BCUT2D eigenvalue weighted by atomic mass is 31.0. The van der Waals surface area contributed by atoms with Crippen LogP contribution in [0.15, 0.2) is 48.7 Å². The molecule has 9 heteroatoms. The number of carbonyl (C=O) groups is 1. The maximum atomic E-state index is 12.9. The lowest BCUT2D eigenvalue weighted by molar-refractivity contribution is -0.112. The van der Waals surface area contributed by atoms with E-state index in [0.29, 0.717) is 41.5 Å². The third kappa shape index (κ3) is 5.94. The molecule has 0 radical (unpaired) electrons. The summed E-state index contributed by atoms with van der Waals surface area (Å²) in [7, 11) is 5.61. The second-order valence-electron chi connectivity index (χ2n) is 7.99. The van der Waals surface area contributed by atoms with Crippen molar-refractivity contribution in [2.24, 2.45) is 0 Å². The monoisotopic (exact) mass is 503 g/mol. The molecular formula is C27H30N5O3P. The van der Waals surface area contributed by atoms with Gasteiger partial charge in [-0.15, -0.1) is 0 Å². The van der Waals surface area contributed by atoms with Crippen molar-refractivity contribution in [3.63, 3.8) is 0 Å². The van der Waals surface area contributed by atoms with Gasteiger partial charge >= 0.3 is 0 Å². The maximum absolute atomic E-state index is 12.9. The number of nitrogens with zero attached hydrogens (tertiary/aromatic N) is 3. The number of anilines is 3. The molecule has 1 heterocycles. The number of aryl methyl sites for hydroxylation is 2. The minimum Gasteiger partial charge on any atom is -0.497 e. The summed E-state index contributed by atoms with van der Waals surface area (Å²) in [5.74, 6) is 1.74. The fourth-order valence-electron chi connectivity index (χ4n) is 3.77. The van der Waals surface area contributed by atoms with Gasteiger partial charge in [0.1, 0.15) is 17.3 Å². The molecule has 1 amide bonds. The zero-order valence-corrected chi connectivity index (χ0v) is 22.0. The molecular weight excluding hydrogens is 473 g/mol. The normalized spacial score (nSPS) is 10.7. The van der Waals surface area contributed by atoms with Crippen LogP contribution in [0.1, 0.15) is 34.7 Å². The number of hydrogen-bond acceptors (Lipinski definition) is 7. The van der Waals surface area contributed by atoms with Crippen molar-refractivity contribution in [3.8, 4) is 17.6 Å². The number of amides is 1. The van der Waals surface area contributed by atoms with E-state index < -0.39 is 0 Å². The fourth-order valence-corrected chi connectivity index (χ4v) is 4.08. The third-order valence-electron chi connectivity index (χ3n) is 5.79. The van der Waals surface area contributed by atoms with Gasteiger partial charge in [-0.1, -0.05) is 6.92 Å². The van der Waals surface area contributed by atoms with Crippen LogP contribution in [-0.4, -0.2) is 25.1 Å². The van der Waals surface area contributed by atoms with Gasteiger partial charge in [0.2, 0.25) is 0 Å². The molecule has 0 aliphatic rings. The SMILES string of the molecule is CCc1cc(N)c(N(P)C(=O)/C=C/c2cccnc2NCc2c(C)cc(OC)cc2OC)cc1C#N.